The Balaban J connectivity index is 1.85. The van der Waals surface area contributed by atoms with E-state index in [2.05, 4.69) is 5.32 Å². The molecule has 4 nitrogen and oxygen atoms in total. The third-order valence-corrected chi connectivity index (χ3v) is 3.96. The first-order valence-corrected chi connectivity index (χ1v) is 8.02. The van der Waals surface area contributed by atoms with Gasteiger partial charge in [-0.1, -0.05) is 23.7 Å². The summed E-state index contributed by atoms with van der Waals surface area (Å²) in [5.74, 6) is -2.45. The summed E-state index contributed by atoms with van der Waals surface area (Å²) >= 11 is 5.84. The highest BCUT2D eigenvalue weighted by molar-refractivity contribution is 6.30. The number of anilines is 1. The Bertz CT molecular complexity index is 1020. The van der Waals surface area contributed by atoms with E-state index in [1.54, 1.807) is 36.5 Å². The van der Waals surface area contributed by atoms with Crippen LogP contribution >= 0.6 is 11.6 Å². The Hall–Kier alpha value is -2.99. The summed E-state index contributed by atoms with van der Waals surface area (Å²) in [7, 11) is 0. The average molecular weight is 375 g/mol. The summed E-state index contributed by atoms with van der Waals surface area (Å²) in [4.78, 5) is 24.9. The summed E-state index contributed by atoms with van der Waals surface area (Å²) < 4.78 is 28.0. The standard InChI is InChI=1S/C19H13ClF2N2O2/c20-13-5-3-12(4-6-13)11-24-9-1-2-15(19(24)26)18(25)23-17-8-7-14(21)10-16(17)22/h1-10H,11H2,(H,23,25). The molecule has 0 aliphatic heterocycles. The molecule has 0 saturated carbocycles. The number of rotatable bonds is 4. The van der Waals surface area contributed by atoms with Crippen molar-refractivity contribution in [3.63, 3.8) is 0 Å². The van der Waals surface area contributed by atoms with E-state index in [-0.39, 0.29) is 17.8 Å². The van der Waals surface area contributed by atoms with Crippen LogP contribution in [0.15, 0.2) is 65.6 Å². The topological polar surface area (TPSA) is 51.1 Å². The smallest absolute Gasteiger partial charge is 0.263 e. The number of nitrogens with zero attached hydrogens (tertiary/aromatic N) is 1. The minimum absolute atomic E-state index is 0.148. The van der Waals surface area contributed by atoms with E-state index in [9.17, 15) is 18.4 Å². The third-order valence-electron chi connectivity index (χ3n) is 3.71. The summed E-state index contributed by atoms with van der Waals surface area (Å²) in [6, 6.07) is 12.6. The van der Waals surface area contributed by atoms with Crippen LogP contribution in [-0.4, -0.2) is 10.5 Å². The Morgan fingerprint density at radius 3 is 2.50 bits per heavy atom. The molecule has 1 amide bonds. The van der Waals surface area contributed by atoms with E-state index < -0.39 is 23.1 Å². The van der Waals surface area contributed by atoms with Crippen molar-refractivity contribution in [2.24, 2.45) is 0 Å². The molecule has 1 N–H and O–H groups in total. The van der Waals surface area contributed by atoms with Crippen molar-refractivity contribution in [2.45, 2.75) is 6.54 Å². The first-order chi connectivity index (χ1) is 12.4. The van der Waals surface area contributed by atoms with E-state index in [0.29, 0.717) is 11.1 Å². The van der Waals surface area contributed by atoms with Gasteiger partial charge in [-0.15, -0.1) is 0 Å². The minimum Gasteiger partial charge on any atom is -0.319 e. The van der Waals surface area contributed by atoms with Crippen molar-refractivity contribution in [3.8, 4) is 0 Å². The van der Waals surface area contributed by atoms with Crippen LogP contribution in [0.2, 0.25) is 5.02 Å². The largest absolute Gasteiger partial charge is 0.319 e. The van der Waals surface area contributed by atoms with Crippen molar-refractivity contribution < 1.29 is 13.6 Å². The van der Waals surface area contributed by atoms with Gasteiger partial charge in [0.05, 0.1) is 12.2 Å². The normalized spacial score (nSPS) is 10.6. The summed E-state index contributed by atoms with van der Waals surface area (Å²) in [6.07, 6.45) is 1.55. The molecule has 132 valence electrons. The highest BCUT2D eigenvalue weighted by atomic mass is 35.5. The van der Waals surface area contributed by atoms with Crippen molar-refractivity contribution in [1.29, 1.82) is 0 Å². The van der Waals surface area contributed by atoms with Crippen LogP contribution in [-0.2, 0) is 6.54 Å². The Morgan fingerprint density at radius 2 is 1.81 bits per heavy atom. The fourth-order valence-electron chi connectivity index (χ4n) is 2.40. The minimum atomic E-state index is -0.921. The monoisotopic (exact) mass is 374 g/mol. The lowest BCUT2D eigenvalue weighted by Crippen LogP contribution is -2.29. The maximum absolute atomic E-state index is 13.7. The van der Waals surface area contributed by atoms with E-state index in [4.69, 9.17) is 11.6 Å². The first kappa shape index (κ1) is 17.8. The van der Waals surface area contributed by atoms with Gasteiger partial charge >= 0.3 is 0 Å². The van der Waals surface area contributed by atoms with Crippen molar-refractivity contribution in [3.05, 3.63) is 98.9 Å². The van der Waals surface area contributed by atoms with Crippen molar-refractivity contribution in [1.82, 2.24) is 4.57 Å². The molecular formula is C19H13ClF2N2O2. The summed E-state index contributed by atoms with van der Waals surface area (Å²) in [6.45, 7) is 0.252. The van der Waals surface area contributed by atoms with Crippen LogP contribution in [0.3, 0.4) is 0 Å². The van der Waals surface area contributed by atoms with Gasteiger partial charge in [0.25, 0.3) is 11.5 Å². The number of benzene rings is 2. The average Bonchev–Trinajstić information content (AvgIpc) is 2.61. The number of carbonyl (C=O) groups excluding carboxylic acids is 1. The van der Waals surface area contributed by atoms with Crippen LogP contribution in [0.1, 0.15) is 15.9 Å². The Labute approximate surface area is 152 Å². The molecule has 0 bridgehead atoms. The number of hydrogen-bond acceptors (Lipinski definition) is 2. The van der Waals surface area contributed by atoms with E-state index in [0.717, 1.165) is 17.7 Å². The number of nitrogens with one attached hydrogen (secondary N) is 1. The Kier molecular flexibility index (Phi) is 5.14. The van der Waals surface area contributed by atoms with Gasteiger partial charge < -0.3 is 9.88 Å². The lowest BCUT2D eigenvalue weighted by Gasteiger charge is -2.09. The van der Waals surface area contributed by atoms with Crippen LogP contribution in [0.25, 0.3) is 0 Å². The number of carbonyl (C=O) groups is 1. The van der Waals surface area contributed by atoms with Gasteiger partial charge in [0, 0.05) is 17.3 Å². The lowest BCUT2D eigenvalue weighted by atomic mass is 10.2. The van der Waals surface area contributed by atoms with Gasteiger partial charge in [0.2, 0.25) is 0 Å². The molecule has 3 aromatic rings. The quantitative estimate of drug-likeness (QED) is 0.748. The lowest BCUT2D eigenvalue weighted by molar-refractivity contribution is 0.102. The maximum Gasteiger partial charge on any atom is 0.263 e. The van der Waals surface area contributed by atoms with Crippen LogP contribution < -0.4 is 10.9 Å². The first-order valence-electron chi connectivity index (χ1n) is 7.64. The number of hydrogen-bond donors (Lipinski definition) is 1. The number of halogens is 3. The SMILES string of the molecule is O=C(Nc1ccc(F)cc1F)c1cccn(Cc2ccc(Cl)cc2)c1=O. The van der Waals surface area contributed by atoms with Crippen molar-refractivity contribution >= 4 is 23.2 Å². The van der Waals surface area contributed by atoms with Gasteiger partial charge in [-0.25, -0.2) is 8.78 Å². The fraction of sp³-hybridized carbons (Fsp3) is 0.0526. The highest BCUT2D eigenvalue weighted by Crippen LogP contribution is 2.15. The molecule has 0 atom stereocenters. The molecule has 0 aliphatic carbocycles. The van der Waals surface area contributed by atoms with Gasteiger partial charge in [-0.05, 0) is 42.0 Å². The van der Waals surface area contributed by atoms with Gasteiger partial charge in [-0.2, -0.15) is 0 Å². The molecule has 2 aromatic carbocycles. The van der Waals surface area contributed by atoms with Gasteiger partial charge in [0.1, 0.15) is 17.2 Å². The van der Waals surface area contributed by atoms with Crippen LogP contribution in [0.4, 0.5) is 14.5 Å². The number of pyridine rings is 1. The zero-order valence-electron chi connectivity index (χ0n) is 13.4. The predicted molar refractivity (Wildman–Crippen MR) is 95.6 cm³/mol. The molecule has 0 radical (unpaired) electrons. The molecule has 26 heavy (non-hydrogen) atoms. The number of aromatic nitrogens is 1. The molecule has 0 fully saturated rings. The second kappa shape index (κ2) is 7.49. The zero-order chi connectivity index (χ0) is 18.7. The second-order valence-corrected chi connectivity index (χ2v) is 6.00. The molecule has 0 spiro atoms. The van der Waals surface area contributed by atoms with Crippen molar-refractivity contribution in [2.75, 3.05) is 5.32 Å². The van der Waals surface area contributed by atoms with Gasteiger partial charge in [-0.3, -0.25) is 9.59 Å². The summed E-state index contributed by atoms with van der Waals surface area (Å²) in [5.41, 5.74) is -0.0461. The Morgan fingerprint density at radius 1 is 1.08 bits per heavy atom. The zero-order valence-corrected chi connectivity index (χ0v) is 14.1. The molecule has 3 rings (SSSR count). The number of amides is 1. The molecule has 1 heterocycles. The molecule has 0 aliphatic rings. The van der Waals surface area contributed by atoms with Crippen LogP contribution in [0.5, 0.6) is 0 Å². The molecule has 1 aromatic heterocycles. The van der Waals surface area contributed by atoms with E-state index >= 15 is 0 Å². The molecule has 7 heteroatoms. The molecular weight excluding hydrogens is 362 g/mol. The molecule has 0 unspecified atom stereocenters. The van der Waals surface area contributed by atoms with Gasteiger partial charge in [0.15, 0.2) is 0 Å². The van der Waals surface area contributed by atoms with E-state index in [1.165, 1.54) is 10.6 Å². The molecule has 0 saturated heterocycles. The van der Waals surface area contributed by atoms with E-state index in [1.807, 2.05) is 0 Å². The second-order valence-electron chi connectivity index (χ2n) is 5.56. The van der Waals surface area contributed by atoms with Crippen LogP contribution in [0, 0.1) is 11.6 Å². The third kappa shape index (κ3) is 3.97. The fourth-order valence-corrected chi connectivity index (χ4v) is 2.53. The predicted octanol–water partition coefficient (Wildman–Crippen LogP) is 4.08. The highest BCUT2D eigenvalue weighted by Gasteiger charge is 2.14. The summed E-state index contributed by atoms with van der Waals surface area (Å²) in [5, 5.41) is 2.86. The maximum atomic E-state index is 13.7.